The first-order chi connectivity index (χ1) is 15.5. The molecule has 166 valence electrons. The molecule has 1 N–H and O–H groups in total. The predicted molar refractivity (Wildman–Crippen MR) is 127 cm³/mol. The summed E-state index contributed by atoms with van der Waals surface area (Å²) in [5.41, 5.74) is 7.83. The Morgan fingerprint density at radius 1 is 1.19 bits per heavy atom. The summed E-state index contributed by atoms with van der Waals surface area (Å²) >= 11 is 6.04. The van der Waals surface area contributed by atoms with Crippen LogP contribution in [0.4, 0.5) is 10.1 Å². The van der Waals surface area contributed by atoms with Crippen molar-refractivity contribution >= 4 is 22.9 Å². The third-order valence-corrected chi connectivity index (χ3v) is 6.88. The van der Waals surface area contributed by atoms with E-state index in [1.807, 2.05) is 11.6 Å². The molecule has 0 amide bonds. The quantitative estimate of drug-likeness (QED) is 0.551. The summed E-state index contributed by atoms with van der Waals surface area (Å²) in [7, 11) is 0. The van der Waals surface area contributed by atoms with E-state index in [2.05, 4.69) is 51.7 Å². The summed E-state index contributed by atoms with van der Waals surface area (Å²) in [4.78, 5) is 2.45. The van der Waals surface area contributed by atoms with Gasteiger partial charge in [0.05, 0.1) is 22.5 Å². The van der Waals surface area contributed by atoms with Crippen molar-refractivity contribution in [2.24, 2.45) is 0 Å². The van der Waals surface area contributed by atoms with Crippen LogP contribution in [0.3, 0.4) is 0 Å². The monoisotopic (exact) mass is 451 g/mol. The van der Waals surface area contributed by atoms with Crippen LogP contribution in [0.25, 0.3) is 16.8 Å². The van der Waals surface area contributed by atoms with E-state index in [0.717, 1.165) is 61.7 Å². The van der Waals surface area contributed by atoms with Gasteiger partial charge in [-0.05, 0) is 67.3 Å². The van der Waals surface area contributed by atoms with Crippen LogP contribution in [0.5, 0.6) is 0 Å². The Balaban J connectivity index is 1.56. The van der Waals surface area contributed by atoms with E-state index in [4.69, 9.17) is 11.6 Å². The maximum Gasteiger partial charge on any atom is 0.141 e. The van der Waals surface area contributed by atoms with Crippen molar-refractivity contribution in [1.29, 1.82) is 0 Å². The Hall–Kier alpha value is -2.70. The van der Waals surface area contributed by atoms with Crippen LogP contribution in [0.2, 0.25) is 5.02 Å². The van der Waals surface area contributed by atoms with Gasteiger partial charge in [0.1, 0.15) is 5.82 Å². The lowest BCUT2D eigenvalue weighted by Gasteiger charge is -2.26. The zero-order valence-electron chi connectivity index (χ0n) is 18.4. The Labute approximate surface area is 192 Å². The molecular formula is C25H27ClFN5. The fourth-order valence-electron chi connectivity index (χ4n) is 4.76. The van der Waals surface area contributed by atoms with Gasteiger partial charge in [0.25, 0.3) is 0 Å². The highest BCUT2D eigenvalue weighted by Crippen LogP contribution is 2.39. The van der Waals surface area contributed by atoms with Crippen LogP contribution in [0.15, 0.2) is 42.5 Å². The van der Waals surface area contributed by atoms with Gasteiger partial charge in [-0.1, -0.05) is 41.9 Å². The SMILES string of the molecule is CCN1CC=C(c2ccc3c(c2)C(Nc2ccc(F)c(Cl)c2)CCn2nnc(C)c2-3)CC1. The maximum atomic E-state index is 13.7. The van der Waals surface area contributed by atoms with Crippen LogP contribution >= 0.6 is 11.6 Å². The number of halogens is 2. The first-order valence-corrected chi connectivity index (χ1v) is 11.6. The number of aromatic nitrogens is 3. The number of benzene rings is 2. The van der Waals surface area contributed by atoms with Crippen LogP contribution in [-0.2, 0) is 6.54 Å². The molecular weight excluding hydrogens is 425 g/mol. The second-order valence-corrected chi connectivity index (χ2v) is 8.94. The van der Waals surface area contributed by atoms with E-state index >= 15 is 0 Å². The van der Waals surface area contributed by atoms with Crippen LogP contribution < -0.4 is 5.32 Å². The molecule has 2 aromatic carbocycles. The summed E-state index contributed by atoms with van der Waals surface area (Å²) in [6, 6.07) is 11.6. The van der Waals surface area contributed by atoms with Gasteiger partial charge in [-0.3, -0.25) is 4.90 Å². The topological polar surface area (TPSA) is 46.0 Å². The second-order valence-electron chi connectivity index (χ2n) is 8.54. The predicted octanol–water partition coefficient (Wildman–Crippen LogP) is 5.71. The minimum Gasteiger partial charge on any atom is -0.378 e. The number of hydrogen-bond donors (Lipinski definition) is 1. The van der Waals surface area contributed by atoms with Crippen molar-refractivity contribution in [1.82, 2.24) is 19.9 Å². The highest BCUT2D eigenvalue weighted by Gasteiger charge is 2.26. The molecule has 0 fully saturated rings. The van der Waals surface area contributed by atoms with E-state index in [0.29, 0.717) is 0 Å². The summed E-state index contributed by atoms with van der Waals surface area (Å²) in [5, 5.41) is 12.4. The van der Waals surface area contributed by atoms with E-state index < -0.39 is 5.82 Å². The Kier molecular flexibility index (Phi) is 5.74. The van der Waals surface area contributed by atoms with Gasteiger partial charge >= 0.3 is 0 Å². The molecule has 1 atom stereocenters. The van der Waals surface area contributed by atoms with Gasteiger partial charge in [0, 0.05) is 30.9 Å². The standard InChI is InChI=1S/C25H27ClFN5/c1-3-31-11-8-17(9-12-31)18-4-6-20-21(14-18)24(10-13-32-25(20)16(2)29-30-32)28-19-5-7-23(27)22(26)15-19/h4-8,14-15,24,28H,3,9-13H2,1-2H3. The summed E-state index contributed by atoms with van der Waals surface area (Å²) < 4.78 is 15.7. The zero-order chi connectivity index (χ0) is 22.2. The lowest BCUT2D eigenvalue weighted by Crippen LogP contribution is -2.28. The van der Waals surface area contributed by atoms with Gasteiger partial charge in [-0.15, -0.1) is 5.10 Å². The largest absolute Gasteiger partial charge is 0.378 e. The summed E-state index contributed by atoms with van der Waals surface area (Å²) in [5.74, 6) is -0.409. The molecule has 0 saturated carbocycles. The third kappa shape index (κ3) is 3.93. The normalized spacial score (nSPS) is 18.5. The van der Waals surface area contributed by atoms with Gasteiger partial charge in [0.2, 0.25) is 0 Å². The number of hydrogen-bond acceptors (Lipinski definition) is 4. The fraction of sp³-hybridized carbons (Fsp3) is 0.360. The number of rotatable bonds is 4. The lowest BCUT2D eigenvalue weighted by molar-refractivity contribution is 0.319. The lowest BCUT2D eigenvalue weighted by atomic mass is 9.90. The highest BCUT2D eigenvalue weighted by molar-refractivity contribution is 6.31. The van der Waals surface area contributed by atoms with E-state index in [1.54, 1.807) is 12.1 Å². The number of aryl methyl sites for hydroxylation is 2. The molecule has 0 spiro atoms. The molecule has 7 heteroatoms. The van der Waals surface area contributed by atoms with Crippen molar-refractivity contribution in [3.05, 3.63) is 70.1 Å². The molecule has 5 nitrogen and oxygen atoms in total. The molecule has 1 aromatic heterocycles. The van der Waals surface area contributed by atoms with Crippen LogP contribution in [0, 0.1) is 12.7 Å². The van der Waals surface area contributed by atoms with Crippen LogP contribution in [-0.4, -0.2) is 39.5 Å². The Morgan fingerprint density at radius 3 is 2.81 bits per heavy atom. The summed E-state index contributed by atoms with van der Waals surface area (Å²) in [6.07, 6.45) is 4.24. The number of fused-ring (bicyclic) bond motifs is 3. The maximum absolute atomic E-state index is 13.7. The van der Waals surface area contributed by atoms with Gasteiger partial charge in [0.15, 0.2) is 0 Å². The van der Waals surface area contributed by atoms with E-state index in [9.17, 15) is 4.39 Å². The number of likely N-dealkylation sites (N-methyl/N-ethyl adjacent to an activating group) is 1. The van der Waals surface area contributed by atoms with Crippen molar-refractivity contribution < 1.29 is 4.39 Å². The van der Waals surface area contributed by atoms with E-state index in [-0.39, 0.29) is 11.1 Å². The second kappa shape index (κ2) is 8.68. The molecule has 32 heavy (non-hydrogen) atoms. The molecule has 0 bridgehead atoms. The molecule has 2 aliphatic heterocycles. The molecule has 0 saturated heterocycles. The molecule has 0 radical (unpaired) electrons. The summed E-state index contributed by atoms with van der Waals surface area (Å²) in [6.45, 7) is 8.13. The smallest absolute Gasteiger partial charge is 0.141 e. The number of nitrogens with zero attached hydrogens (tertiary/aromatic N) is 4. The zero-order valence-corrected chi connectivity index (χ0v) is 19.2. The Bertz CT molecular complexity index is 1190. The molecule has 1 unspecified atom stereocenters. The third-order valence-electron chi connectivity index (χ3n) is 6.59. The first-order valence-electron chi connectivity index (χ1n) is 11.2. The first kappa shape index (κ1) is 21.2. The van der Waals surface area contributed by atoms with Crippen molar-refractivity contribution in [2.45, 2.75) is 39.3 Å². The van der Waals surface area contributed by atoms with Crippen molar-refractivity contribution in [3.8, 4) is 11.3 Å². The molecule has 3 aromatic rings. The minimum absolute atomic E-state index is 0.0453. The fourth-order valence-corrected chi connectivity index (χ4v) is 4.94. The van der Waals surface area contributed by atoms with Gasteiger partial charge in [-0.25, -0.2) is 9.07 Å². The van der Waals surface area contributed by atoms with Crippen molar-refractivity contribution in [2.75, 3.05) is 25.0 Å². The van der Waals surface area contributed by atoms with E-state index in [1.165, 1.54) is 22.8 Å². The molecule has 5 rings (SSSR count). The molecule has 3 heterocycles. The Morgan fingerprint density at radius 2 is 2.06 bits per heavy atom. The van der Waals surface area contributed by atoms with Crippen molar-refractivity contribution in [3.63, 3.8) is 0 Å². The average molecular weight is 452 g/mol. The van der Waals surface area contributed by atoms with Crippen LogP contribution in [0.1, 0.15) is 42.6 Å². The van der Waals surface area contributed by atoms with Gasteiger partial charge < -0.3 is 5.32 Å². The minimum atomic E-state index is -0.409. The number of nitrogens with one attached hydrogen (secondary N) is 1. The highest BCUT2D eigenvalue weighted by atomic mass is 35.5. The van der Waals surface area contributed by atoms with Gasteiger partial charge in [-0.2, -0.15) is 0 Å². The number of anilines is 1. The molecule has 2 aliphatic rings. The average Bonchev–Trinajstić information content (AvgIpc) is 3.10. The molecule has 0 aliphatic carbocycles.